The Hall–Kier alpha value is -0.120. The zero-order valence-electron chi connectivity index (χ0n) is 12.8. The van der Waals surface area contributed by atoms with Crippen molar-refractivity contribution in [3.8, 4) is 0 Å². The lowest BCUT2D eigenvalue weighted by Crippen LogP contribution is -2.54. The third-order valence-corrected chi connectivity index (χ3v) is 4.22. The molecule has 0 saturated carbocycles. The van der Waals surface area contributed by atoms with Gasteiger partial charge in [0.15, 0.2) is 0 Å². The van der Waals surface area contributed by atoms with E-state index in [4.69, 9.17) is 0 Å². The highest BCUT2D eigenvalue weighted by Gasteiger charge is 2.31. The van der Waals surface area contributed by atoms with E-state index in [2.05, 4.69) is 37.9 Å². The van der Waals surface area contributed by atoms with E-state index in [0.717, 1.165) is 26.1 Å². The molecule has 0 aliphatic carbocycles. The van der Waals surface area contributed by atoms with E-state index in [0.29, 0.717) is 23.9 Å². The van der Waals surface area contributed by atoms with Crippen LogP contribution in [0.25, 0.3) is 0 Å². The molecule has 3 heteroatoms. The van der Waals surface area contributed by atoms with Crippen LogP contribution >= 0.6 is 0 Å². The molecule has 18 heavy (non-hydrogen) atoms. The molecule has 0 spiro atoms. The van der Waals surface area contributed by atoms with Crippen LogP contribution in [0, 0.1) is 11.8 Å². The smallest absolute Gasteiger partial charge is 0.0553 e. The first kappa shape index (κ1) is 15.9. The van der Waals surface area contributed by atoms with Gasteiger partial charge in [-0.2, -0.15) is 0 Å². The summed E-state index contributed by atoms with van der Waals surface area (Å²) in [4.78, 5) is 2.54. The summed E-state index contributed by atoms with van der Waals surface area (Å²) in [6.07, 6.45) is 2.10. The second-order valence-electron chi connectivity index (χ2n) is 6.45. The summed E-state index contributed by atoms with van der Waals surface area (Å²) in [6, 6.07) is 1.16. The standard InChI is InChI=1S/C15H32N2O/c1-6-12(4)17-9-14(13(5)18)7-15(10-17)16-8-11(2)3/h11-16,18H,6-10H2,1-5H3. The van der Waals surface area contributed by atoms with Crippen molar-refractivity contribution in [1.29, 1.82) is 0 Å². The topological polar surface area (TPSA) is 35.5 Å². The molecule has 4 atom stereocenters. The van der Waals surface area contributed by atoms with E-state index in [1.54, 1.807) is 0 Å². The van der Waals surface area contributed by atoms with Crippen molar-refractivity contribution in [2.75, 3.05) is 19.6 Å². The van der Waals surface area contributed by atoms with Crippen molar-refractivity contribution >= 4 is 0 Å². The molecule has 1 aliphatic rings. The average molecular weight is 256 g/mol. The van der Waals surface area contributed by atoms with Gasteiger partial charge < -0.3 is 10.4 Å². The zero-order chi connectivity index (χ0) is 13.7. The van der Waals surface area contributed by atoms with Crippen LogP contribution in [-0.2, 0) is 0 Å². The third-order valence-electron chi connectivity index (χ3n) is 4.22. The van der Waals surface area contributed by atoms with Gasteiger partial charge >= 0.3 is 0 Å². The van der Waals surface area contributed by atoms with Crippen LogP contribution in [-0.4, -0.2) is 47.8 Å². The number of hydrogen-bond donors (Lipinski definition) is 2. The number of rotatable bonds is 6. The summed E-state index contributed by atoms with van der Waals surface area (Å²) < 4.78 is 0. The Labute approximate surface area is 113 Å². The van der Waals surface area contributed by atoms with E-state index in [1.807, 2.05) is 6.92 Å². The minimum atomic E-state index is -0.194. The van der Waals surface area contributed by atoms with Gasteiger partial charge in [0.2, 0.25) is 0 Å². The molecule has 0 aromatic rings. The normalized spacial score (nSPS) is 29.5. The molecule has 1 heterocycles. The molecule has 0 radical (unpaired) electrons. The fourth-order valence-corrected chi connectivity index (χ4v) is 2.69. The molecule has 0 bridgehead atoms. The third kappa shape index (κ3) is 4.87. The Morgan fingerprint density at radius 2 is 1.89 bits per heavy atom. The summed E-state index contributed by atoms with van der Waals surface area (Å²) in [5, 5.41) is 13.6. The summed E-state index contributed by atoms with van der Waals surface area (Å²) in [5.74, 6) is 1.10. The highest BCUT2D eigenvalue weighted by molar-refractivity contribution is 4.87. The number of nitrogens with zero attached hydrogens (tertiary/aromatic N) is 1. The lowest BCUT2D eigenvalue weighted by molar-refractivity contribution is 0.0312. The first-order valence-corrected chi connectivity index (χ1v) is 7.59. The van der Waals surface area contributed by atoms with Gasteiger partial charge in [0.1, 0.15) is 0 Å². The number of aliphatic hydroxyl groups excluding tert-OH is 1. The van der Waals surface area contributed by atoms with Gasteiger partial charge in [-0.25, -0.2) is 0 Å². The zero-order valence-corrected chi connectivity index (χ0v) is 12.8. The Morgan fingerprint density at radius 3 is 2.39 bits per heavy atom. The second-order valence-corrected chi connectivity index (χ2v) is 6.45. The fourth-order valence-electron chi connectivity index (χ4n) is 2.69. The quantitative estimate of drug-likeness (QED) is 0.764. The van der Waals surface area contributed by atoms with Crippen molar-refractivity contribution in [3.63, 3.8) is 0 Å². The van der Waals surface area contributed by atoms with Crippen LogP contribution in [0.3, 0.4) is 0 Å². The maximum absolute atomic E-state index is 9.89. The number of piperidine rings is 1. The van der Waals surface area contributed by atoms with Gasteiger partial charge in [0.25, 0.3) is 0 Å². The van der Waals surface area contributed by atoms with Crippen LogP contribution in [0.15, 0.2) is 0 Å². The summed E-state index contributed by atoms with van der Waals surface area (Å²) >= 11 is 0. The predicted molar refractivity (Wildman–Crippen MR) is 77.7 cm³/mol. The van der Waals surface area contributed by atoms with Gasteiger partial charge in [-0.3, -0.25) is 4.90 Å². The summed E-state index contributed by atoms with van der Waals surface area (Å²) in [5.41, 5.74) is 0. The number of hydrogen-bond acceptors (Lipinski definition) is 3. The van der Waals surface area contributed by atoms with Crippen molar-refractivity contribution in [2.45, 2.75) is 65.6 Å². The molecule has 108 valence electrons. The second kappa shape index (κ2) is 7.46. The molecular formula is C15H32N2O. The number of nitrogens with one attached hydrogen (secondary N) is 1. The molecular weight excluding hydrogens is 224 g/mol. The highest BCUT2D eigenvalue weighted by atomic mass is 16.3. The lowest BCUT2D eigenvalue weighted by atomic mass is 9.89. The first-order chi connectivity index (χ1) is 8.43. The molecule has 0 aromatic heterocycles. The first-order valence-electron chi connectivity index (χ1n) is 7.59. The van der Waals surface area contributed by atoms with Crippen LogP contribution in [0.4, 0.5) is 0 Å². The van der Waals surface area contributed by atoms with Gasteiger partial charge in [-0.15, -0.1) is 0 Å². The highest BCUT2D eigenvalue weighted by Crippen LogP contribution is 2.22. The molecule has 0 aromatic carbocycles. The van der Waals surface area contributed by atoms with Crippen molar-refractivity contribution in [1.82, 2.24) is 10.2 Å². The number of likely N-dealkylation sites (tertiary alicyclic amines) is 1. The van der Waals surface area contributed by atoms with Gasteiger partial charge in [-0.05, 0) is 45.1 Å². The van der Waals surface area contributed by atoms with Crippen LogP contribution in [0.2, 0.25) is 0 Å². The van der Waals surface area contributed by atoms with Crippen molar-refractivity contribution in [2.24, 2.45) is 11.8 Å². The molecule has 1 fully saturated rings. The van der Waals surface area contributed by atoms with Crippen LogP contribution < -0.4 is 5.32 Å². The molecule has 1 aliphatic heterocycles. The molecule has 0 amide bonds. The number of aliphatic hydroxyl groups is 1. The van der Waals surface area contributed by atoms with E-state index in [9.17, 15) is 5.11 Å². The minimum absolute atomic E-state index is 0.194. The van der Waals surface area contributed by atoms with E-state index < -0.39 is 0 Å². The Balaban J connectivity index is 2.56. The van der Waals surface area contributed by atoms with Crippen LogP contribution in [0.5, 0.6) is 0 Å². The van der Waals surface area contributed by atoms with Crippen molar-refractivity contribution < 1.29 is 5.11 Å². The summed E-state index contributed by atoms with van der Waals surface area (Å²) in [6.45, 7) is 14.2. The molecule has 1 saturated heterocycles. The largest absolute Gasteiger partial charge is 0.393 e. The average Bonchev–Trinajstić information content (AvgIpc) is 2.34. The monoisotopic (exact) mass is 256 g/mol. The van der Waals surface area contributed by atoms with E-state index >= 15 is 0 Å². The van der Waals surface area contributed by atoms with Gasteiger partial charge in [0, 0.05) is 25.2 Å². The SMILES string of the molecule is CCC(C)N1CC(NCC(C)C)CC(C(C)O)C1. The predicted octanol–water partition coefficient (Wildman–Crippen LogP) is 2.10. The molecule has 2 N–H and O–H groups in total. The van der Waals surface area contributed by atoms with Gasteiger partial charge in [0.05, 0.1) is 6.10 Å². The lowest BCUT2D eigenvalue weighted by Gasteiger charge is -2.42. The molecule has 3 nitrogen and oxygen atoms in total. The Kier molecular flexibility index (Phi) is 6.61. The molecule has 4 unspecified atom stereocenters. The Morgan fingerprint density at radius 1 is 1.22 bits per heavy atom. The minimum Gasteiger partial charge on any atom is -0.393 e. The maximum Gasteiger partial charge on any atom is 0.0553 e. The maximum atomic E-state index is 9.89. The van der Waals surface area contributed by atoms with Crippen LogP contribution in [0.1, 0.15) is 47.5 Å². The fraction of sp³-hybridized carbons (Fsp3) is 1.00. The van der Waals surface area contributed by atoms with E-state index in [1.165, 1.54) is 6.42 Å². The Bertz CT molecular complexity index is 231. The van der Waals surface area contributed by atoms with Gasteiger partial charge in [-0.1, -0.05) is 20.8 Å². The summed E-state index contributed by atoms with van der Waals surface area (Å²) in [7, 11) is 0. The van der Waals surface area contributed by atoms with E-state index in [-0.39, 0.29) is 6.10 Å². The molecule has 1 rings (SSSR count). The van der Waals surface area contributed by atoms with Crippen molar-refractivity contribution in [3.05, 3.63) is 0 Å².